The average molecular weight is 232 g/mol. The van der Waals surface area contributed by atoms with E-state index in [1.165, 1.54) is 12.8 Å². The van der Waals surface area contributed by atoms with E-state index in [0.717, 1.165) is 9.72 Å². The van der Waals surface area contributed by atoms with Crippen molar-refractivity contribution in [2.45, 2.75) is 23.7 Å². The molecule has 2 heteroatoms. The maximum absolute atomic E-state index is 4.10. The van der Waals surface area contributed by atoms with Crippen molar-refractivity contribution >= 4 is 34.9 Å². The van der Waals surface area contributed by atoms with Crippen LogP contribution in [-0.2, 0) is 0 Å². The van der Waals surface area contributed by atoms with E-state index in [4.69, 9.17) is 0 Å². The summed E-state index contributed by atoms with van der Waals surface area (Å²) in [7, 11) is 0. The predicted octanol–water partition coefficient (Wildman–Crippen LogP) is 1.41. The first-order chi connectivity index (χ1) is 3.27. The topological polar surface area (TPSA) is 0 Å². The summed E-state index contributed by atoms with van der Waals surface area (Å²) in [4.78, 5) is 0. The summed E-state index contributed by atoms with van der Waals surface area (Å²) < 4.78 is 0.904. The monoisotopic (exact) mass is 234 g/mol. The molecule has 0 aliphatic rings. The van der Waals surface area contributed by atoms with Gasteiger partial charge in [-0.25, -0.2) is 0 Å². The van der Waals surface area contributed by atoms with E-state index in [2.05, 4.69) is 19.6 Å². The number of hydrogen-bond acceptors (Lipinski definition) is 1. The Labute approximate surface area is 64.4 Å². The van der Waals surface area contributed by atoms with Gasteiger partial charge in [-0.2, -0.15) is 0 Å². The van der Waals surface area contributed by atoms with Gasteiger partial charge in [-0.3, -0.25) is 0 Å². The summed E-state index contributed by atoms with van der Waals surface area (Å²) in [6.07, 6.45) is 2.62. The van der Waals surface area contributed by atoms with E-state index in [1.807, 2.05) is 22.3 Å². The molecule has 0 heterocycles. The van der Waals surface area contributed by atoms with Gasteiger partial charge in [-0.05, 0) is 0 Å². The first-order valence-corrected chi connectivity index (χ1v) is 4.67. The third kappa shape index (κ3) is 7.14. The molecule has 0 aliphatic carbocycles. The standard InChI is InChI=1S/C5H12STe/c1-5(7)3-2-4-6/h5-7H,2-4H2,1H3. The predicted molar refractivity (Wildman–Crippen MR) is 39.7 cm³/mol. The third-order valence-corrected chi connectivity index (χ3v) is 1.83. The molecule has 0 saturated heterocycles. The van der Waals surface area contributed by atoms with Crippen LogP contribution < -0.4 is 0 Å². The molecule has 0 radical (unpaired) electrons. The second-order valence-corrected chi connectivity index (χ2v) is 4.68. The zero-order valence-electron chi connectivity index (χ0n) is 4.59. The van der Waals surface area contributed by atoms with Gasteiger partial charge < -0.3 is 0 Å². The van der Waals surface area contributed by atoms with E-state index in [0.29, 0.717) is 0 Å². The molecule has 0 spiro atoms. The Morgan fingerprint density at radius 1 is 1.71 bits per heavy atom. The SMILES string of the molecule is CC([TeH])CCCS. The van der Waals surface area contributed by atoms with E-state index in [1.54, 1.807) is 0 Å². The molecular weight excluding hydrogens is 220 g/mol. The number of rotatable bonds is 3. The van der Waals surface area contributed by atoms with Gasteiger partial charge in [0.2, 0.25) is 0 Å². The Morgan fingerprint density at radius 2 is 2.29 bits per heavy atom. The van der Waals surface area contributed by atoms with Gasteiger partial charge in [0.1, 0.15) is 0 Å². The molecule has 0 aromatic heterocycles. The summed E-state index contributed by atoms with van der Waals surface area (Å²) in [5.41, 5.74) is 0. The first-order valence-electron chi connectivity index (χ1n) is 2.56. The number of thiol groups is 1. The Morgan fingerprint density at radius 3 is 2.43 bits per heavy atom. The van der Waals surface area contributed by atoms with Crippen LogP contribution in [0.1, 0.15) is 19.8 Å². The molecule has 1 unspecified atom stereocenters. The van der Waals surface area contributed by atoms with Crippen LogP contribution in [0.2, 0.25) is 3.97 Å². The summed E-state index contributed by atoms with van der Waals surface area (Å²) in [5.74, 6) is 1.05. The molecule has 0 fully saturated rings. The second kappa shape index (κ2) is 5.28. The van der Waals surface area contributed by atoms with Crippen molar-refractivity contribution in [3.05, 3.63) is 0 Å². The van der Waals surface area contributed by atoms with Crippen molar-refractivity contribution in [2.75, 3.05) is 5.75 Å². The zero-order chi connectivity index (χ0) is 5.70. The fourth-order valence-corrected chi connectivity index (χ4v) is 1.09. The van der Waals surface area contributed by atoms with Gasteiger partial charge in [0, 0.05) is 0 Å². The zero-order valence-corrected chi connectivity index (χ0v) is 8.04. The molecule has 0 amide bonds. The van der Waals surface area contributed by atoms with E-state index < -0.39 is 0 Å². The normalized spacial score (nSPS) is 14.1. The van der Waals surface area contributed by atoms with Crippen LogP contribution >= 0.6 is 12.6 Å². The van der Waals surface area contributed by atoms with Gasteiger partial charge in [0.25, 0.3) is 0 Å². The number of hydrogen-bond donors (Lipinski definition) is 1. The molecule has 7 heavy (non-hydrogen) atoms. The maximum atomic E-state index is 4.10. The molecule has 0 saturated carbocycles. The fourth-order valence-electron chi connectivity index (χ4n) is 0.387. The molecule has 0 aromatic rings. The van der Waals surface area contributed by atoms with Gasteiger partial charge in [0.05, 0.1) is 0 Å². The fraction of sp³-hybridized carbons (Fsp3) is 1.00. The van der Waals surface area contributed by atoms with Crippen LogP contribution in [-0.4, -0.2) is 28.0 Å². The molecule has 0 aliphatic heterocycles. The van der Waals surface area contributed by atoms with Crippen LogP contribution in [0.5, 0.6) is 0 Å². The molecule has 0 bridgehead atoms. The molecule has 44 valence electrons. The Balaban J connectivity index is 2.68. The van der Waals surface area contributed by atoms with Gasteiger partial charge in [-0.15, -0.1) is 0 Å². The van der Waals surface area contributed by atoms with E-state index in [9.17, 15) is 0 Å². The van der Waals surface area contributed by atoms with Crippen molar-refractivity contribution < 1.29 is 0 Å². The van der Waals surface area contributed by atoms with Crippen molar-refractivity contribution in [1.82, 2.24) is 0 Å². The Hall–Kier alpha value is 1.14. The summed E-state index contributed by atoms with van der Waals surface area (Å²) in [5, 5.41) is 0. The quantitative estimate of drug-likeness (QED) is 0.551. The second-order valence-electron chi connectivity index (χ2n) is 1.71. The Bertz CT molecular complexity index is 37.1. The molecule has 0 N–H and O–H groups in total. The van der Waals surface area contributed by atoms with Crippen LogP contribution in [0.25, 0.3) is 0 Å². The molecule has 0 rings (SSSR count). The minimum atomic E-state index is 0.904. The summed E-state index contributed by atoms with van der Waals surface area (Å²) in [6.45, 7) is 2.26. The summed E-state index contributed by atoms with van der Waals surface area (Å²) in [6, 6.07) is 0. The third-order valence-electron chi connectivity index (χ3n) is 0.780. The van der Waals surface area contributed by atoms with Gasteiger partial charge >= 0.3 is 64.4 Å². The molecule has 0 nitrogen and oxygen atoms in total. The van der Waals surface area contributed by atoms with Crippen molar-refractivity contribution in [1.29, 1.82) is 0 Å². The van der Waals surface area contributed by atoms with Crippen molar-refractivity contribution in [3.8, 4) is 0 Å². The molecular formula is C5H12STe. The minimum absolute atomic E-state index is 0.904. The van der Waals surface area contributed by atoms with Gasteiger partial charge in [-0.1, -0.05) is 0 Å². The van der Waals surface area contributed by atoms with Crippen molar-refractivity contribution in [3.63, 3.8) is 0 Å². The van der Waals surface area contributed by atoms with E-state index in [-0.39, 0.29) is 0 Å². The summed E-state index contributed by atoms with van der Waals surface area (Å²) >= 11 is 6.02. The van der Waals surface area contributed by atoms with Gasteiger partial charge in [0.15, 0.2) is 0 Å². The average Bonchev–Trinajstić information content (AvgIpc) is 1.61. The van der Waals surface area contributed by atoms with Crippen LogP contribution in [0, 0.1) is 0 Å². The van der Waals surface area contributed by atoms with Crippen LogP contribution in [0.15, 0.2) is 0 Å². The van der Waals surface area contributed by atoms with Crippen LogP contribution in [0.3, 0.4) is 0 Å². The van der Waals surface area contributed by atoms with Crippen molar-refractivity contribution in [2.24, 2.45) is 0 Å². The van der Waals surface area contributed by atoms with Crippen LogP contribution in [0.4, 0.5) is 0 Å². The Kier molecular flexibility index (Phi) is 6.14. The first kappa shape index (κ1) is 8.14. The molecule has 1 atom stereocenters. The van der Waals surface area contributed by atoms with E-state index >= 15 is 0 Å². The molecule has 0 aromatic carbocycles.